The number of fused-ring (bicyclic) bond motifs is 9. The fraction of sp³-hybridized carbons (Fsp3) is 0.135. The van der Waals surface area contributed by atoms with Crippen molar-refractivity contribution in [3.05, 3.63) is 191 Å². The number of hydrogen-bond donors (Lipinski definition) is 2. The number of nitrogens with zero attached hydrogens (tertiary/aromatic N) is 2. The SMILES string of the molecule is COc1nc2ccc(Br)cc2cc1C(c1ccccc1)[C@@](O)(CCN(C)C)c1cccc2ccccc12.O=P1(O)Oc2ccc3ccccc3c2-c2c(ccc3ccccc23)O1. The largest absolute Gasteiger partial charge is 0.584 e. The van der Waals surface area contributed by atoms with Crippen molar-refractivity contribution in [2.75, 3.05) is 27.7 Å². The van der Waals surface area contributed by atoms with Crippen molar-refractivity contribution in [3.63, 3.8) is 0 Å². The van der Waals surface area contributed by atoms with Gasteiger partial charge in [0, 0.05) is 39.0 Å². The third-order valence-corrected chi connectivity index (χ3v) is 12.9. The number of aromatic nitrogens is 1. The van der Waals surface area contributed by atoms with Crippen LogP contribution in [0.2, 0.25) is 0 Å². The van der Waals surface area contributed by atoms with E-state index >= 15 is 0 Å². The summed E-state index contributed by atoms with van der Waals surface area (Å²) in [6.45, 7) is 0.706. The Labute approximate surface area is 368 Å². The van der Waals surface area contributed by atoms with E-state index in [-0.39, 0.29) is 0 Å². The molecule has 0 bridgehead atoms. The average Bonchev–Trinajstić information content (AvgIpc) is 3.41. The van der Waals surface area contributed by atoms with Crippen molar-refractivity contribution in [2.24, 2.45) is 0 Å². The van der Waals surface area contributed by atoms with Crippen LogP contribution >= 0.6 is 23.8 Å². The molecule has 2 N–H and O–H groups in total. The van der Waals surface area contributed by atoms with E-state index < -0.39 is 19.3 Å². The lowest BCUT2D eigenvalue weighted by molar-refractivity contribution is 0.00520. The molecule has 2 heterocycles. The molecule has 1 aliphatic heterocycles. The molecule has 0 amide bonds. The van der Waals surface area contributed by atoms with Gasteiger partial charge in [0.25, 0.3) is 0 Å². The molecule has 2 atom stereocenters. The van der Waals surface area contributed by atoms with Gasteiger partial charge in [0.1, 0.15) is 17.1 Å². The van der Waals surface area contributed by atoms with Gasteiger partial charge < -0.3 is 23.8 Å². The number of phosphoric acid groups is 1. The standard InChI is InChI=1S/C32H31BrN2O2.C20H13O4P/c1-35(2)19-18-32(36,28-15-9-13-22-10-7-8-14-26(22)28)30(23-11-5-4-6-12-23)27-21-24-20-25(33)16-17-29(24)34-31(27)37-3;21-25(22)23-17-11-9-13-5-1-3-7-15(13)19(17)20-16-8-4-2-6-14(16)10-12-18(20)24-25/h4-17,20-21,30,36H,18-19H2,1-3H3;1-12H,(H,21,22)/t30?,32-;/m1./s1. The molecule has 0 aliphatic carbocycles. The Morgan fingerprint density at radius 2 is 1.23 bits per heavy atom. The fourth-order valence-electron chi connectivity index (χ4n) is 8.74. The highest BCUT2D eigenvalue weighted by Gasteiger charge is 2.43. The number of ether oxygens (including phenoxy) is 1. The zero-order chi connectivity index (χ0) is 43.0. The third-order valence-electron chi connectivity index (χ3n) is 11.5. The van der Waals surface area contributed by atoms with Crippen molar-refractivity contribution < 1.29 is 28.3 Å². The van der Waals surface area contributed by atoms with Gasteiger partial charge in [-0.15, -0.1) is 0 Å². The third kappa shape index (κ3) is 7.95. The summed E-state index contributed by atoms with van der Waals surface area (Å²) in [7, 11) is 1.47. The highest BCUT2D eigenvalue weighted by atomic mass is 79.9. The Hall–Kier alpha value is -6.06. The highest BCUT2D eigenvalue weighted by Crippen LogP contribution is 2.57. The van der Waals surface area contributed by atoms with Crippen LogP contribution in [0.4, 0.5) is 0 Å². The monoisotopic (exact) mass is 902 g/mol. The topological polar surface area (TPSA) is 101 Å². The molecule has 10 heteroatoms. The molecule has 62 heavy (non-hydrogen) atoms. The van der Waals surface area contributed by atoms with Crippen LogP contribution in [0, 0.1) is 0 Å². The molecular formula is C52H44BrN2O6P. The first-order chi connectivity index (χ1) is 30.0. The fourth-order valence-corrected chi connectivity index (χ4v) is 9.96. The maximum Gasteiger partial charge on any atom is 0.584 e. The summed E-state index contributed by atoms with van der Waals surface area (Å²) in [6.07, 6.45) is 0.521. The lowest BCUT2D eigenvalue weighted by Gasteiger charge is -2.39. The van der Waals surface area contributed by atoms with Gasteiger partial charge in [-0.05, 0) is 100 Å². The van der Waals surface area contributed by atoms with Crippen molar-refractivity contribution in [1.82, 2.24) is 9.88 Å². The molecule has 1 unspecified atom stereocenters. The smallest absolute Gasteiger partial charge is 0.481 e. The van der Waals surface area contributed by atoms with E-state index in [0.29, 0.717) is 30.3 Å². The molecule has 0 fully saturated rings. The van der Waals surface area contributed by atoms with Crippen molar-refractivity contribution in [3.8, 4) is 28.5 Å². The molecular weight excluding hydrogens is 859 g/mol. The zero-order valence-corrected chi connectivity index (χ0v) is 36.9. The molecule has 9 aromatic rings. The summed E-state index contributed by atoms with van der Waals surface area (Å²) in [5, 5.41) is 20.1. The van der Waals surface area contributed by atoms with Crippen LogP contribution in [-0.2, 0) is 10.2 Å². The Morgan fingerprint density at radius 1 is 0.677 bits per heavy atom. The maximum absolute atomic E-state index is 13.0. The summed E-state index contributed by atoms with van der Waals surface area (Å²) in [5.41, 5.74) is 3.91. The predicted octanol–water partition coefficient (Wildman–Crippen LogP) is 12.7. The Kier molecular flexibility index (Phi) is 11.3. The van der Waals surface area contributed by atoms with Gasteiger partial charge in [-0.1, -0.05) is 149 Å². The van der Waals surface area contributed by atoms with Gasteiger partial charge >= 0.3 is 7.82 Å². The molecule has 0 radical (unpaired) electrons. The summed E-state index contributed by atoms with van der Waals surface area (Å²) >= 11 is 3.60. The quantitative estimate of drug-likeness (QED) is 0.145. The summed E-state index contributed by atoms with van der Waals surface area (Å²) < 4.78 is 30.0. The molecule has 1 aliphatic rings. The average molecular weight is 904 g/mol. The lowest BCUT2D eigenvalue weighted by atomic mass is 9.70. The van der Waals surface area contributed by atoms with Crippen LogP contribution < -0.4 is 13.8 Å². The number of benzene rings is 8. The number of pyridine rings is 1. The molecule has 8 aromatic carbocycles. The van der Waals surface area contributed by atoms with Crippen molar-refractivity contribution >= 4 is 67.0 Å². The Morgan fingerprint density at radius 3 is 1.82 bits per heavy atom. The molecule has 0 spiro atoms. The van der Waals surface area contributed by atoms with E-state index in [1.807, 2.05) is 123 Å². The number of rotatable bonds is 8. The highest BCUT2D eigenvalue weighted by molar-refractivity contribution is 9.10. The number of halogens is 1. The number of phosphoric ester groups is 1. The van der Waals surface area contributed by atoms with Gasteiger partial charge in [0.05, 0.1) is 12.6 Å². The summed E-state index contributed by atoms with van der Waals surface area (Å²) in [6, 6.07) is 55.8. The molecule has 310 valence electrons. The minimum atomic E-state index is -4.25. The van der Waals surface area contributed by atoms with Gasteiger partial charge in [-0.3, -0.25) is 4.89 Å². The Bertz CT molecular complexity index is 3070. The van der Waals surface area contributed by atoms with Crippen LogP contribution in [0.15, 0.2) is 174 Å². The maximum atomic E-state index is 13.0. The van der Waals surface area contributed by atoms with Gasteiger partial charge in [-0.2, -0.15) is 0 Å². The second-order valence-corrected chi connectivity index (χ2v) is 18.0. The van der Waals surface area contributed by atoms with E-state index in [2.05, 4.69) is 69.4 Å². The van der Waals surface area contributed by atoms with E-state index in [4.69, 9.17) is 18.8 Å². The van der Waals surface area contributed by atoms with Crippen molar-refractivity contribution in [1.29, 1.82) is 0 Å². The first-order valence-electron chi connectivity index (χ1n) is 20.3. The molecule has 10 rings (SSSR count). The summed E-state index contributed by atoms with van der Waals surface area (Å²) in [4.78, 5) is 17.1. The molecule has 0 saturated carbocycles. The Balaban J connectivity index is 0.000000170. The molecule has 8 nitrogen and oxygen atoms in total. The molecule has 1 aromatic heterocycles. The second kappa shape index (κ2) is 17.0. The minimum absolute atomic E-state index is 0.347. The molecule has 0 saturated heterocycles. The second-order valence-electron chi connectivity index (χ2n) is 15.7. The van der Waals surface area contributed by atoms with Crippen molar-refractivity contribution in [2.45, 2.75) is 17.9 Å². The predicted molar refractivity (Wildman–Crippen MR) is 253 cm³/mol. The normalized spacial score (nSPS) is 14.4. The van der Waals surface area contributed by atoms with Crippen LogP contribution in [0.1, 0.15) is 29.0 Å². The summed E-state index contributed by atoms with van der Waals surface area (Å²) in [5.74, 6) is 0.789. The first-order valence-corrected chi connectivity index (χ1v) is 22.6. The van der Waals surface area contributed by atoms with Crippen LogP contribution in [0.25, 0.3) is 54.3 Å². The van der Waals surface area contributed by atoms with E-state index in [9.17, 15) is 14.6 Å². The number of hydrogen-bond acceptors (Lipinski definition) is 7. The number of methoxy groups -OCH3 is 1. The van der Waals surface area contributed by atoms with Gasteiger partial charge in [0.2, 0.25) is 5.88 Å². The van der Waals surface area contributed by atoms with E-state index in [0.717, 1.165) is 75.5 Å². The van der Waals surface area contributed by atoms with E-state index in [1.54, 1.807) is 19.2 Å². The number of aliphatic hydroxyl groups is 1. The minimum Gasteiger partial charge on any atom is -0.481 e. The van der Waals surface area contributed by atoms with Crippen LogP contribution in [0.3, 0.4) is 0 Å². The van der Waals surface area contributed by atoms with Crippen LogP contribution in [-0.4, -0.2) is 47.6 Å². The van der Waals surface area contributed by atoms with Crippen LogP contribution in [0.5, 0.6) is 17.4 Å². The first kappa shape index (κ1) is 41.3. The lowest BCUT2D eigenvalue weighted by Crippen LogP contribution is -2.38. The van der Waals surface area contributed by atoms with Gasteiger partial charge in [0.15, 0.2) is 0 Å². The zero-order valence-electron chi connectivity index (χ0n) is 34.4. The van der Waals surface area contributed by atoms with Gasteiger partial charge in [-0.25, -0.2) is 9.55 Å². The van der Waals surface area contributed by atoms with E-state index in [1.165, 1.54) is 0 Å².